The Morgan fingerprint density at radius 1 is 0.977 bits per heavy atom. The number of carbonyl (C=O) groups is 2. The molecule has 3 aromatic carbocycles. The van der Waals surface area contributed by atoms with Crippen LogP contribution in [0.2, 0.25) is 0 Å². The molecule has 9 nitrogen and oxygen atoms in total. The van der Waals surface area contributed by atoms with E-state index in [1.54, 1.807) is 11.8 Å². The predicted molar refractivity (Wildman–Crippen MR) is 166 cm³/mol. The van der Waals surface area contributed by atoms with Gasteiger partial charge in [0.15, 0.2) is 0 Å². The summed E-state index contributed by atoms with van der Waals surface area (Å²) in [4.78, 5) is 56.1. The first-order chi connectivity index (χ1) is 21.3. The second kappa shape index (κ2) is 10.2. The molecule has 7 atom stereocenters. The number of fused-ring (bicyclic) bond motifs is 9. The topological polar surface area (TPSA) is 123 Å². The molecule has 1 saturated heterocycles. The van der Waals surface area contributed by atoms with Crippen LogP contribution >= 0.6 is 23.1 Å². The average molecular weight is 626 g/mol. The molecule has 3 heterocycles. The maximum absolute atomic E-state index is 13.9. The number of carbonyl (C=O) groups excluding carboxylic acids is 2. The van der Waals surface area contributed by atoms with Crippen molar-refractivity contribution in [2.75, 3.05) is 4.90 Å². The van der Waals surface area contributed by atoms with Crippen LogP contribution in [-0.4, -0.2) is 27.0 Å². The van der Waals surface area contributed by atoms with E-state index in [0.29, 0.717) is 12.3 Å². The first kappa shape index (κ1) is 27.3. The number of aryl methyl sites for hydroxylation is 1. The number of aromatic amines is 1. The summed E-state index contributed by atoms with van der Waals surface area (Å²) in [7, 11) is 0. The molecule has 222 valence electrons. The average Bonchev–Trinajstić information content (AvgIpc) is 3.75. The molecule has 0 radical (unpaired) electrons. The number of nitro groups is 1. The molecule has 2 amide bonds. The van der Waals surface area contributed by atoms with Gasteiger partial charge in [0.25, 0.3) is 5.69 Å². The van der Waals surface area contributed by atoms with Gasteiger partial charge in [-0.15, -0.1) is 11.8 Å². The van der Waals surface area contributed by atoms with Crippen LogP contribution in [0.5, 0.6) is 5.75 Å². The van der Waals surface area contributed by atoms with E-state index >= 15 is 0 Å². The van der Waals surface area contributed by atoms with Gasteiger partial charge < -0.3 is 9.72 Å². The van der Waals surface area contributed by atoms with E-state index in [1.807, 2.05) is 24.3 Å². The Morgan fingerprint density at radius 2 is 1.70 bits per heavy atom. The third kappa shape index (κ3) is 4.16. The van der Waals surface area contributed by atoms with Crippen molar-refractivity contribution in [1.82, 2.24) is 4.98 Å². The summed E-state index contributed by atoms with van der Waals surface area (Å²) in [6.07, 6.45) is 0.788. The fraction of sp³-hybridized carbons (Fsp3) is 0.303. The van der Waals surface area contributed by atoms with Crippen LogP contribution in [0, 0.1) is 46.6 Å². The van der Waals surface area contributed by atoms with Gasteiger partial charge in [0, 0.05) is 28.2 Å². The minimum Gasteiger partial charge on any atom is -0.489 e. The van der Waals surface area contributed by atoms with E-state index in [1.165, 1.54) is 46.1 Å². The zero-order chi connectivity index (χ0) is 30.3. The van der Waals surface area contributed by atoms with Crippen molar-refractivity contribution in [1.29, 1.82) is 0 Å². The van der Waals surface area contributed by atoms with Crippen LogP contribution < -0.4 is 14.5 Å². The molecule has 2 saturated carbocycles. The highest BCUT2D eigenvalue weighted by molar-refractivity contribution is 8.00. The van der Waals surface area contributed by atoms with Crippen molar-refractivity contribution in [2.24, 2.45) is 29.6 Å². The number of aromatic nitrogens is 1. The molecule has 2 aliphatic heterocycles. The molecule has 1 aromatic heterocycles. The molecular weight excluding hydrogens is 599 g/mol. The zero-order valence-electron chi connectivity index (χ0n) is 23.5. The molecule has 8 rings (SSSR count). The van der Waals surface area contributed by atoms with Gasteiger partial charge in [0.05, 0.1) is 27.5 Å². The summed E-state index contributed by atoms with van der Waals surface area (Å²) >= 11 is 2.88. The molecule has 4 aliphatic rings. The highest BCUT2D eigenvalue weighted by Gasteiger charge is 2.69. The SMILES string of the molecule is Cc1cccc(COc2ccc(C3c4sc(=O)[nH]c4SC4C3[C@H]3C[C@@H]4C4C(=O)N(c5ccc([N+](=O)[O-])cc5)C(=O)C43)cc2)c1. The maximum Gasteiger partial charge on any atom is 0.305 e. The van der Waals surface area contributed by atoms with Gasteiger partial charge in [-0.2, -0.15) is 0 Å². The minimum atomic E-state index is -0.500. The van der Waals surface area contributed by atoms with Crippen molar-refractivity contribution in [3.8, 4) is 5.75 Å². The number of ether oxygens (including phenoxy) is 1. The number of amides is 2. The molecule has 1 N–H and O–H groups in total. The third-order valence-electron chi connectivity index (χ3n) is 9.77. The van der Waals surface area contributed by atoms with Crippen LogP contribution in [0.15, 0.2) is 82.6 Å². The van der Waals surface area contributed by atoms with Gasteiger partial charge in [-0.05, 0) is 66.5 Å². The standard InChI is InChI=1S/C33H27N3O6S2/c1-16-3-2-4-17(13-16)15-42-21-11-5-18(6-12-21)24-25-22-14-23(28(25)43-30-29(24)44-33(39)34-30)27-26(22)31(37)35(32(27)38)19-7-9-20(10-8-19)36(40)41/h2-13,22-28H,14-15H2,1H3,(H,34,39)/t22-,23-,24?,25?,26?,27?,28?/m1/s1. The first-order valence-corrected chi connectivity index (χ1v) is 16.3. The number of anilines is 1. The van der Waals surface area contributed by atoms with Gasteiger partial charge in [0.2, 0.25) is 11.8 Å². The lowest BCUT2D eigenvalue weighted by molar-refractivity contribution is -0.384. The van der Waals surface area contributed by atoms with E-state index in [-0.39, 0.29) is 51.3 Å². The predicted octanol–water partition coefficient (Wildman–Crippen LogP) is 5.91. The van der Waals surface area contributed by atoms with Crippen molar-refractivity contribution >= 4 is 46.3 Å². The van der Waals surface area contributed by atoms with Gasteiger partial charge in [-0.3, -0.25) is 29.4 Å². The number of benzene rings is 3. The fourth-order valence-corrected chi connectivity index (χ4v) is 11.0. The van der Waals surface area contributed by atoms with Gasteiger partial charge in [0.1, 0.15) is 12.4 Å². The summed E-state index contributed by atoms with van der Waals surface area (Å²) in [5, 5.41) is 12.1. The molecule has 2 aliphatic carbocycles. The lowest BCUT2D eigenvalue weighted by Crippen LogP contribution is -2.42. The summed E-state index contributed by atoms with van der Waals surface area (Å²) < 4.78 is 6.07. The summed E-state index contributed by atoms with van der Waals surface area (Å²) in [5.41, 5.74) is 3.62. The molecule has 11 heteroatoms. The highest BCUT2D eigenvalue weighted by Crippen LogP contribution is 2.68. The normalized spacial score (nSPS) is 28.1. The van der Waals surface area contributed by atoms with Crippen molar-refractivity contribution in [2.45, 2.75) is 36.1 Å². The van der Waals surface area contributed by atoms with E-state index in [4.69, 9.17) is 4.74 Å². The van der Waals surface area contributed by atoms with Crippen LogP contribution in [0.3, 0.4) is 0 Å². The number of thiazole rings is 1. The van der Waals surface area contributed by atoms with Crippen molar-refractivity contribution < 1.29 is 19.2 Å². The van der Waals surface area contributed by atoms with Crippen LogP contribution in [-0.2, 0) is 16.2 Å². The Kier molecular flexibility index (Phi) is 6.32. The highest BCUT2D eigenvalue weighted by atomic mass is 32.2. The number of nitrogens with zero attached hydrogens (tertiary/aromatic N) is 2. The number of hydrogen-bond donors (Lipinski definition) is 1. The van der Waals surface area contributed by atoms with Gasteiger partial charge in [-0.25, -0.2) is 0 Å². The summed E-state index contributed by atoms with van der Waals surface area (Å²) in [6, 6.07) is 21.9. The summed E-state index contributed by atoms with van der Waals surface area (Å²) in [5.74, 6) is -0.597. The number of nitro benzene ring substituents is 1. The number of thioether (sulfide) groups is 1. The minimum absolute atomic E-state index is 0.00418. The quantitative estimate of drug-likeness (QED) is 0.161. The largest absolute Gasteiger partial charge is 0.489 e. The second-order valence-corrected chi connectivity index (χ2v) is 14.3. The van der Waals surface area contributed by atoms with E-state index in [2.05, 4.69) is 36.2 Å². The Morgan fingerprint density at radius 3 is 2.41 bits per heavy atom. The molecule has 44 heavy (non-hydrogen) atoms. The third-order valence-corrected chi connectivity index (χ3v) is 12.4. The zero-order valence-corrected chi connectivity index (χ0v) is 25.2. The molecule has 5 unspecified atom stereocenters. The lowest BCUT2D eigenvalue weighted by Gasteiger charge is -2.43. The second-order valence-electron chi connectivity index (χ2n) is 12.1. The number of rotatable bonds is 6. The monoisotopic (exact) mass is 625 g/mol. The van der Waals surface area contributed by atoms with Crippen molar-refractivity contribution in [3.05, 3.63) is 114 Å². The van der Waals surface area contributed by atoms with E-state index in [9.17, 15) is 24.5 Å². The molecule has 0 spiro atoms. The van der Waals surface area contributed by atoms with Crippen LogP contribution in [0.25, 0.3) is 0 Å². The number of nitrogens with one attached hydrogen (secondary N) is 1. The molecular formula is C33H27N3O6S2. The number of non-ortho nitro benzene ring substituents is 1. The summed E-state index contributed by atoms with van der Waals surface area (Å²) in [6.45, 7) is 2.52. The fourth-order valence-electron chi connectivity index (χ4n) is 8.11. The Bertz CT molecular complexity index is 1880. The van der Waals surface area contributed by atoms with Gasteiger partial charge >= 0.3 is 4.87 Å². The Balaban J connectivity index is 1.10. The Hall–Kier alpha value is -4.22. The Labute approximate surface area is 260 Å². The molecule has 2 bridgehead atoms. The smallest absolute Gasteiger partial charge is 0.305 e. The van der Waals surface area contributed by atoms with E-state index < -0.39 is 16.8 Å². The van der Waals surface area contributed by atoms with Crippen LogP contribution in [0.1, 0.15) is 33.9 Å². The van der Waals surface area contributed by atoms with Crippen molar-refractivity contribution in [3.63, 3.8) is 0 Å². The molecule has 3 fully saturated rings. The maximum atomic E-state index is 13.9. The number of hydrogen-bond acceptors (Lipinski definition) is 8. The molecule has 4 aromatic rings. The van der Waals surface area contributed by atoms with Crippen LogP contribution in [0.4, 0.5) is 11.4 Å². The first-order valence-electron chi connectivity index (χ1n) is 14.6. The number of H-pyrrole nitrogens is 1. The number of imide groups is 1. The van der Waals surface area contributed by atoms with Gasteiger partial charge in [-0.1, -0.05) is 53.3 Å². The van der Waals surface area contributed by atoms with E-state index in [0.717, 1.165) is 33.2 Å². The lowest BCUT2D eigenvalue weighted by atomic mass is 9.68.